The van der Waals surface area contributed by atoms with Gasteiger partial charge >= 0.3 is 0 Å². The average molecular weight is 253 g/mol. The lowest BCUT2D eigenvalue weighted by Gasteiger charge is -2.26. The van der Waals surface area contributed by atoms with Crippen molar-refractivity contribution in [2.24, 2.45) is 5.11 Å². The normalized spacial score (nSPS) is 23.6. The maximum Gasteiger partial charge on any atom is 0.0579 e. The SMILES string of the molecule is CCCCCCCCC[C@H]1C[C@@H](N=[N+]=[N-])CCO1. The number of hydrogen-bond donors (Lipinski definition) is 0. The Morgan fingerprint density at radius 3 is 2.61 bits per heavy atom. The largest absolute Gasteiger partial charge is 0.378 e. The highest BCUT2D eigenvalue weighted by Crippen LogP contribution is 2.21. The van der Waals surface area contributed by atoms with E-state index in [0.717, 1.165) is 25.9 Å². The molecule has 0 aromatic carbocycles. The van der Waals surface area contributed by atoms with Gasteiger partial charge in [-0.1, -0.05) is 57.0 Å². The third kappa shape index (κ3) is 6.87. The molecule has 0 bridgehead atoms. The molecule has 1 saturated heterocycles. The van der Waals surface area contributed by atoms with Crippen molar-refractivity contribution >= 4 is 0 Å². The molecule has 2 atom stereocenters. The summed E-state index contributed by atoms with van der Waals surface area (Å²) in [5.74, 6) is 0. The van der Waals surface area contributed by atoms with Gasteiger partial charge < -0.3 is 4.74 Å². The molecule has 4 heteroatoms. The highest BCUT2D eigenvalue weighted by atomic mass is 16.5. The van der Waals surface area contributed by atoms with Gasteiger partial charge in [0.15, 0.2) is 0 Å². The summed E-state index contributed by atoms with van der Waals surface area (Å²) in [6, 6.07) is 0.165. The van der Waals surface area contributed by atoms with E-state index in [1.807, 2.05) is 0 Å². The van der Waals surface area contributed by atoms with Crippen molar-refractivity contribution in [3.05, 3.63) is 10.4 Å². The van der Waals surface area contributed by atoms with E-state index in [9.17, 15) is 0 Å². The first-order chi connectivity index (χ1) is 8.86. The Labute approximate surface area is 111 Å². The number of nitrogens with zero attached hydrogens (tertiary/aromatic N) is 3. The minimum Gasteiger partial charge on any atom is -0.378 e. The smallest absolute Gasteiger partial charge is 0.0579 e. The Balaban J connectivity index is 1.99. The third-order valence-corrected chi connectivity index (χ3v) is 3.68. The van der Waals surface area contributed by atoms with Gasteiger partial charge in [0.1, 0.15) is 0 Å². The van der Waals surface area contributed by atoms with Crippen LogP contribution in [-0.2, 0) is 4.74 Å². The van der Waals surface area contributed by atoms with Gasteiger partial charge in [0, 0.05) is 17.6 Å². The molecular weight excluding hydrogens is 226 g/mol. The quantitative estimate of drug-likeness (QED) is 0.247. The Morgan fingerprint density at radius 2 is 1.89 bits per heavy atom. The Bertz CT molecular complexity index is 251. The van der Waals surface area contributed by atoms with Crippen LogP contribution in [0.15, 0.2) is 5.11 Å². The number of hydrogen-bond acceptors (Lipinski definition) is 2. The van der Waals surface area contributed by atoms with Gasteiger partial charge in [0.05, 0.1) is 6.10 Å². The molecule has 0 spiro atoms. The van der Waals surface area contributed by atoms with Gasteiger partial charge in [0.25, 0.3) is 0 Å². The number of azide groups is 1. The summed E-state index contributed by atoms with van der Waals surface area (Å²) in [7, 11) is 0. The molecule has 0 aromatic heterocycles. The Morgan fingerprint density at radius 1 is 1.17 bits per heavy atom. The van der Waals surface area contributed by atoms with E-state index in [2.05, 4.69) is 16.9 Å². The van der Waals surface area contributed by atoms with Crippen molar-refractivity contribution in [1.82, 2.24) is 0 Å². The maximum absolute atomic E-state index is 8.44. The standard InChI is InChI=1S/C14H27N3O/c1-2-3-4-5-6-7-8-9-14-12-13(16-17-15)10-11-18-14/h13-14H,2-12H2,1H3/t13-,14-/m0/s1. The highest BCUT2D eigenvalue weighted by Gasteiger charge is 2.20. The summed E-state index contributed by atoms with van der Waals surface area (Å²) in [6.07, 6.45) is 12.6. The van der Waals surface area contributed by atoms with Crippen LogP contribution < -0.4 is 0 Å². The molecule has 4 nitrogen and oxygen atoms in total. The fraction of sp³-hybridized carbons (Fsp3) is 1.00. The zero-order chi connectivity index (χ0) is 13.1. The Hall–Kier alpha value is -0.730. The second-order valence-electron chi connectivity index (χ2n) is 5.29. The lowest BCUT2D eigenvalue weighted by molar-refractivity contribution is 0.00200. The summed E-state index contributed by atoms with van der Waals surface area (Å²) in [4.78, 5) is 2.90. The molecular formula is C14H27N3O. The molecule has 0 aromatic rings. The van der Waals surface area contributed by atoms with E-state index in [0.29, 0.717) is 6.10 Å². The lowest BCUT2D eigenvalue weighted by atomic mass is 9.99. The minimum atomic E-state index is 0.165. The van der Waals surface area contributed by atoms with Crippen LogP contribution >= 0.6 is 0 Å². The van der Waals surface area contributed by atoms with Crippen LogP contribution in [0, 0.1) is 0 Å². The third-order valence-electron chi connectivity index (χ3n) is 3.68. The van der Waals surface area contributed by atoms with Gasteiger partial charge in [-0.25, -0.2) is 0 Å². The molecule has 0 amide bonds. The van der Waals surface area contributed by atoms with E-state index in [4.69, 9.17) is 10.3 Å². The minimum absolute atomic E-state index is 0.165. The van der Waals surface area contributed by atoms with Gasteiger partial charge in [-0.3, -0.25) is 0 Å². The summed E-state index contributed by atoms with van der Waals surface area (Å²) in [5, 5.41) is 3.81. The fourth-order valence-electron chi connectivity index (χ4n) is 2.57. The predicted octanol–water partition coefficient (Wildman–Crippen LogP) is 4.99. The maximum atomic E-state index is 8.44. The van der Waals surface area contributed by atoms with Crippen LogP contribution in [0.4, 0.5) is 0 Å². The fourth-order valence-corrected chi connectivity index (χ4v) is 2.57. The van der Waals surface area contributed by atoms with Crippen LogP contribution in [-0.4, -0.2) is 18.8 Å². The summed E-state index contributed by atoms with van der Waals surface area (Å²) in [6.45, 7) is 3.01. The number of rotatable bonds is 9. The average Bonchev–Trinajstić information content (AvgIpc) is 2.39. The molecule has 0 aliphatic carbocycles. The van der Waals surface area contributed by atoms with Crippen LogP contribution in [0.1, 0.15) is 71.1 Å². The molecule has 104 valence electrons. The molecule has 0 unspecified atom stereocenters. The number of unbranched alkanes of at least 4 members (excludes halogenated alkanes) is 6. The second-order valence-corrected chi connectivity index (χ2v) is 5.29. The van der Waals surface area contributed by atoms with E-state index < -0.39 is 0 Å². The van der Waals surface area contributed by atoms with E-state index in [1.54, 1.807) is 0 Å². The second kappa shape index (κ2) is 10.2. The van der Waals surface area contributed by atoms with Gasteiger partial charge in [0.2, 0.25) is 0 Å². The molecule has 1 heterocycles. The summed E-state index contributed by atoms with van der Waals surface area (Å²) in [5.41, 5.74) is 8.44. The highest BCUT2D eigenvalue weighted by molar-refractivity contribution is 4.77. The van der Waals surface area contributed by atoms with Crippen LogP contribution in [0.25, 0.3) is 10.4 Å². The first-order valence-corrected chi connectivity index (χ1v) is 7.52. The zero-order valence-corrected chi connectivity index (χ0v) is 11.7. The first kappa shape index (κ1) is 15.3. The molecule has 0 N–H and O–H groups in total. The molecule has 0 saturated carbocycles. The van der Waals surface area contributed by atoms with Gasteiger partial charge in [-0.2, -0.15) is 0 Å². The molecule has 1 rings (SSSR count). The number of ether oxygens (including phenoxy) is 1. The van der Waals surface area contributed by atoms with E-state index in [-0.39, 0.29) is 6.04 Å². The predicted molar refractivity (Wildman–Crippen MR) is 74.5 cm³/mol. The molecule has 0 radical (unpaired) electrons. The van der Waals surface area contributed by atoms with Crippen LogP contribution in [0.5, 0.6) is 0 Å². The first-order valence-electron chi connectivity index (χ1n) is 7.52. The van der Waals surface area contributed by atoms with Crippen molar-refractivity contribution < 1.29 is 4.74 Å². The van der Waals surface area contributed by atoms with Crippen LogP contribution in [0.3, 0.4) is 0 Å². The lowest BCUT2D eigenvalue weighted by Crippen LogP contribution is -2.27. The topological polar surface area (TPSA) is 58.0 Å². The molecule has 18 heavy (non-hydrogen) atoms. The summed E-state index contributed by atoms with van der Waals surface area (Å²) < 4.78 is 5.72. The molecule has 1 aliphatic rings. The zero-order valence-electron chi connectivity index (χ0n) is 11.7. The van der Waals surface area contributed by atoms with E-state index >= 15 is 0 Å². The van der Waals surface area contributed by atoms with Gasteiger partial charge in [-0.05, 0) is 24.8 Å². The van der Waals surface area contributed by atoms with Crippen molar-refractivity contribution in [3.8, 4) is 0 Å². The Kier molecular flexibility index (Phi) is 8.70. The van der Waals surface area contributed by atoms with Crippen molar-refractivity contribution in [3.63, 3.8) is 0 Å². The van der Waals surface area contributed by atoms with Gasteiger partial charge in [-0.15, -0.1) is 0 Å². The molecule has 1 fully saturated rings. The van der Waals surface area contributed by atoms with Crippen molar-refractivity contribution in [1.29, 1.82) is 0 Å². The summed E-state index contributed by atoms with van der Waals surface area (Å²) >= 11 is 0. The van der Waals surface area contributed by atoms with Crippen LogP contribution in [0.2, 0.25) is 0 Å². The van der Waals surface area contributed by atoms with E-state index in [1.165, 1.54) is 44.9 Å². The van der Waals surface area contributed by atoms with Crippen molar-refractivity contribution in [2.45, 2.75) is 83.3 Å². The monoisotopic (exact) mass is 253 g/mol. The molecule has 1 aliphatic heterocycles. The van der Waals surface area contributed by atoms with Crippen molar-refractivity contribution in [2.75, 3.05) is 6.61 Å².